The average molecular weight is 264 g/mol. The Bertz CT molecular complexity index is 549. The fourth-order valence-corrected chi connectivity index (χ4v) is 3.11. The lowest BCUT2D eigenvalue weighted by atomic mass is 10.0. The van der Waals surface area contributed by atoms with E-state index in [2.05, 4.69) is 27.3 Å². The first-order valence-electron chi connectivity index (χ1n) is 6.61. The predicted octanol–water partition coefficient (Wildman–Crippen LogP) is 2.87. The Balaban J connectivity index is 1.83. The molecule has 0 radical (unpaired) electrons. The summed E-state index contributed by atoms with van der Waals surface area (Å²) in [5, 5.41) is 0.755. The number of nitrogens with zero attached hydrogens (tertiary/aromatic N) is 3. The summed E-state index contributed by atoms with van der Waals surface area (Å²) in [6.07, 6.45) is 4.20. The number of pyridine rings is 1. The van der Waals surface area contributed by atoms with Gasteiger partial charge in [0.05, 0.1) is 11.7 Å². The molecule has 3 rings (SSSR count). The largest absolute Gasteiger partial charge is 0.303 e. The van der Waals surface area contributed by atoms with Crippen molar-refractivity contribution >= 4 is 17.1 Å². The first-order chi connectivity index (χ1) is 8.78. The lowest BCUT2D eigenvalue weighted by Crippen LogP contribution is -2.20. The van der Waals surface area contributed by atoms with E-state index in [1.165, 1.54) is 19.5 Å². The molecule has 1 fully saturated rings. The second-order valence-corrected chi connectivity index (χ2v) is 5.42. The maximum Gasteiger partial charge on any atom is 0.114 e. The van der Waals surface area contributed by atoms with E-state index in [1.807, 2.05) is 18.3 Å². The Morgan fingerprint density at radius 2 is 2.33 bits per heavy atom. The molecule has 2 aromatic heterocycles. The van der Waals surface area contributed by atoms with Gasteiger partial charge in [-0.05, 0) is 37.6 Å². The fraction of sp³-hybridized carbons (Fsp3) is 0.500. The monoisotopic (exact) mass is 263 g/mol. The van der Waals surface area contributed by atoms with E-state index in [0.717, 1.165) is 29.5 Å². The number of imidazole rings is 1. The van der Waals surface area contributed by atoms with Gasteiger partial charge in [-0.2, -0.15) is 0 Å². The summed E-state index contributed by atoms with van der Waals surface area (Å²) in [7, 11) is 0. The summed E-state index contributed by atoms with van der Waals surface area (Å²) >= 11 is 6.26. The molecule has 0 N–H and O–H groups in total. The minimum Gasteiger partial charge on any atom is -0.303 e. The van der Waals surface area contributed by atoms with Crippen molar-refractivity contribution in [1.29, 1.82) is 0 Å². The molecule has 0 saturated carbocycles. The molecule has 0 spiro atoms. The van der Waals surface area contributed by atoms with Crippen LogP contribution in [0.3, 0.4) is 0 Å². The third-order valence-electron chi connectivity index (χ3n) is 3.86. The number of aromatic nitrogens is 2. The first kappa shape index (κ1) is 12.0. The van der Waals surface area contributed by atoms with Gasteiger partial charge in [0, 0.05) is 13.0 Å². The first-order valence-corrected chi connectivity index (χ1v) is 6.99. The van der Waals surface area contributed by atoms with Gasteiger partial charge in [0.25, 0.3) is 0 Å². The van der Waals surface area contributed by atoms with Crippen molar-refractivity contribution < 1.29 is 0 Å². The Hall–Kier alpha value is -1.06. The highest BCUT2D eigenvalue weighted by Crippen LogP contribution is 2.22. The van der Waals surface area contributed by atoms with Crippen molar-refractivity contribution in [1.82, 2.24) is 14.3 Å². The molecule has 18 heavy (non-hydrogen) atoms. The summed E-state index contributed by atoms with van der Waals surface area (Å²) in [5.74, 6) is 1.81. The van der Waals surface area contributed by atoms with E-state index in [0.29, 0.717) is 5.92 Å². The molecule has 96 valence electrons. The zero-order valence-electron chi connectivity index (χ0n) is 10.6. The van der Waals surface area contributed by atoms with Crippen LogP contribution in [0.15, 0.2) is 24.4 Å². The van der Waals surface area contributed by atoms with Crippen LogP contribution in [0.25, 0.3) is 5.52 Å². The van der Waals surface area contributed by atoms with E-state index < -0.39 is 0 Å². The standard InChI is InChI=1S/C14H18ClN3/c1-2-17-7-6-11(10-17)8-14-16-9-12-4-3-5-13(15)18(12)14/h3-5,9,11H,2,6-8,10H2,1H3. The molecule has 0 aliphatic carbocycles. The molecule has 1 atom stereocenters. The zero-order chi connectivity index (χ0) is 12.5. The number of hydrogen-bond acceptors (Lipinski definition) is 2. The van der Waals surface area contributed by atoms with Crippen molar-refractivity contribution in [2.75, 3.05) is 19.6 Å². The van der Waals surface area contributed by atoms with Crippen LogP contribution in [-0.4, -0.2) is 33.9 Å². The van der Waals surface area contributed by atoms with E-state index >= 15 is 0 Å². The highest BCUT2D eigenvalue weighted by Gasteiger charge is 2.23. The molecule has 2 aromatic rings. The van der Waals surface area contributed by atoms with Gasteiger partial charge in [-0.25, -0.2) is 4.98 Å². The van der Waals surface area contributed by atoms with Gasteiger partial charge in [0.1, 0.15) is 11.0 Å². The summed E-state index contributed by atoms with van der Waals surface area (Å²) in [4.78, 5) is 7.03. The van der Waals surface area contributed by atoms with Crippen LogP contribution in [0.2, 0.25) is 5.15 Å². The molecule has 1 aliphatic heterocycles. The normalized spacial score (nSPS) is 20.9. The highest BCUT2D eigenvalue weighted by molar-refractivity contribution is 6.29. The van der Waals surface area contributed by atoms with Crippen LogP contribution < -0.4 is 0 Å². The smallest absolute Gasteiger partial charge is 0.114 e. The van der Waals surface area contributed by atoms with Crippen molar-refractivity contribution in [3.63, 3.8) is 0 Å². The van der Waals surface area contributed by atoms with Crippen molar-refractivity contribution in [2.24, 2.45) is 5.92 Å². The molecule has 1 unspecified atom stereocenters. The Labute approximate surface area is 112 Å². The van der Waals surface area contributed by atoms with E-state index in [1.54, 1.807) is 0 Å². The third-order valence-corrected chi connectivity index (χ3v) is 4.16. The topological polar surface area (TPSA) is 20.5 Å². The van der Waals surface area contributed by atoms with Crippen LogP contribution in [-0.2, 0) is 6.42 Å². The summed E-state index contributed by atoms with van der Waals surface area (Å²) < 4.78 is 2.07. The molecule has 4 heteroatoms. The van der Waals surface area contributed by atoms with Gasteiger partial charge in [-0.1, -0.05) is 24.6 Å². The Morgan fingerprint density at radius 3 is 3.11 bits per heavy atom. The molecule has 0 bridgehead atoms. The SMILES string of the molecule is CCN1CCC(Cc2ncc3cccc(Cl)n23)C1. The number of halogens is 1. The van der Waals surface area contributed by atoms with Crippen LogP contribution in [0.4, 0.5) is 0 Å². The van der Waals surface area contributed by atoms with E-state index in [9.17, 15) is 0 Å². The van der Waals surface area contributed by atoms with Crippen molar-refractivity contribution in [3.05, 3.63) is 35.4 Å². The van der Waals surface area contributed by atoms with Gasteiger partial charge >= 0.3 is 0 Å². The van der Waals surface area contributed by atoms with Gasteiger partial charge in [0.2, 0.25) is 0 Å². The fourth-order valence-electron chi connectivity index (χ4n) is 2.84. The van der Waals surface area contributed by atoms with Gasteiger partial charge in [-0.15, -0.1) is 0 Å². The second-order valence-electron chi connectivity index (χ2n) is 5.04. The molecule has 0 amide bonds. The number of hydrogen-bond donors (Lipinski definition) is 0. The predicted molar refractivity (Wildman–Crippen MR) is 74.1 cm³/mol. The molecule has 0 aromatic carbocycles. The van der Waals surface area contributed by atoms with E-state index in [-0.39, 0.29) is 0 Å². The van der Waals surface area contributed by atoms with Crippen molar-refractivity contribution in [2.45, 2.75) is 19.8 Å². The van der Waals surface area contributed by atoms with Gasteiger partial charge in [-0.3, -0.25) is 4.40 Å². The molecular formula is C14H18ClN3. The summed E-state index contributed by atoms with van der Waals surface area (Å²) in [6.45, 7) is 5.79. The average Bonchev–Trinajstić information content (AvgIpc) is 2.98. The van der Waals surface area contributed by atoms with Crippen LogP contribution >= 0.6 is 11.6 Å². The van der Waals surface area contributed by atoms with Gasteiger partial charge in [0.15, 0.2) is 0 Å². The number of rotatable bonds is 3. The van der Waals surface area contributed by atoms with Crippen LogP contribution in [0.1, 0.15) is 19.2 Å². The quantitative estimate of drug-likeness (QED) is 0.794. The van der Waals surface area contributed by atoms with Crippen molar-refractivity contribution in [3.8, 4) is 0 Å². The molecular weight excluding hydrogens is 246 g/mol. The molecule has 1 saturated heterocycles. The van der Waals surface area contributed by atoms with Crippen LogP contribution in [0.5, 0.6) is 0 Å². The lowest BCUT2D eigenvalue weighted by Gasteiger charge is -2.12. The lowest BCUT2D eigenvalue weighted by molar-refractivity contribution is 0.341. The molecule has 3 heterocycles. The highest BCUT2D eigenvalue weighted by atomic mass is 35.5. The maximum absolute atomic E-state index is 6.26. The maximum atomic E-state index is 6.26. The van der Waals surface area contributed by atoms with E-state index in [4.69, 9.17) is 11.6 Å². The minimum absolute atomic E-state index is 0.715. The third kappa shape index (κ3) is 2.13. The van der Waals surface area contributed by atoms with Gasteiger partial charge < -0.3 is 4.90 Å². The molecule has 1 aliphatic rings. The Morgan fingerprint density at radius 1 is 1.44 bits per heavy atom. The number of likely N-dealkylation sites (tertiary alicyclic amines) is 1. The van der Waals surface area contributed by atoms with Crippen LogP contribution in [0, 0.1) is 5.92 Å². The summed E-state index contributed by atoms with van der Waals surface area (Å²) in [6, 6.07) is 5.94. The Kier molecular flexibility index (Phi) is 3.27. The molecule has 3 nitrogen and oxygen atoms in total. The second kappa shape index (κ2) is 4.90. The number of fused-ring (bicyclic) bond motifs is 1. The zero-order valence-corrected chi connectivity index (χ0v) is 11.4. The minimum atomic E-state index is 0.715. The summed E-state index contributed by atoms with van der Waals surface area (Å²) in [5.41, 5.74) is 1.09.